The zero-order chi connectivity index (χ0) is 15.5. The minimum atomic E-state index is -0.273. The number of hydrogen-bond acceptors (Lipinski definition) is 1. The molecule has 1 heterocycles. The highest BCUT2D eigenvalue weighted by Crippen LogP contribution is 2.32. The summed E-state index contributed by atoms with van der Waals surface area (Å²) in [4.78, 5) is 0. The molecule has 0 saturated carbocycles. The van der Waals surface area contributed by atoms with E-state index < -0.39 is 0 Å². The second kappa shape index (κ2) is 6.85. The van der Waals surface area contributed by atoms with E-state index in [1.165, 1.54) is 11.1 Å². The summed E-state index contributed by atoms with van der Waals surface area (Å²) in [5.74, 6) is 0.961. The lowest BCUT2D eigenvalue weighted by molar-refractivity contribution is 0.496. The number of aromatic nitrogens is 2. The molecule has 0 aliphatic heterocycles. The Hall–Kier alpha value is -0.990. The molecule has 0 unspecified atom stereocenters. The summed E-state index contributed by atoms with van der Waals surface area (Å²) in [5, 5.41) is 4.64. The van der Waals surface area contributed by atoms with E-state index in [1.54, 1.807) is 0 Å². The first-order chi connectivity index (χ1) is 10.0. The van der Waals surface area contributed by atoms with Crippen LogP contribution in [0.25, 0.3) is 0 Å². The number of halogens is 2. The summed E-state index contributed by atoms with van der Waals surface area (Å²) >= 11 is 12.6. The van der Waals surface area contributed by atoms with Crippen molar-refractivity contribution in [2.45, 2.75) is 38.6 Å². The molecule has 0 aliphatic rings. The number of hydrogen-bond donors (Lipinski definition) is 0. The quantitative estimate of drug-likeness (QED) is 0.702. The van der Waals surface area contributed by atoms with Gasteiger partial charge in [0.15, 0.2) is 0 Å². The van der Waals surface area contributed by atoms with Crippen LogP contribution in [0.5, 0.6) is 0 Å². The van der Waals surface area contributed by atoms with Crippen LogP contribution in [0.2, 0.25) is 0 Å². The topological polar surface area (TPSA) is 17.8 Å². The number of benzene rings is 1. The zero-order valence-corrected chi connectivity index (χ0v) is 14.3. The Morgan fingerprint density at radius 2 is 1.90 bits per heavy atom. The molecule has 2 aromatic rings. The number of nitrogens with zero attached hydrogens (tertiary/aromatic N) is 2. The molecule has 0 bridgehead atoms. The highest BCUT2D eigenvalue weighted by atomic mass is 35.5. The smallest absolute Gasteiger partial charge is 0.0634 e. The van der Waals surface area contributed by atoms with Crippen molar-refractivity contribution in [2.75, 3.05) is 11.8 Å². The Kier molecular flexibility index (Phi) is 5.34. The van der Waals surface area contributed by atoms with E-state index in [0.717, 1.165) is 12.1 Å². The van der Waals surface area contributed by atoms with Crippen molar-refractivity contribution in [1.29, 1.82) is 0 Å². The van der Waals surface area contributed by atoms with Crippen LogP contribution in [0.3, 0.4) is 0 Å². The number of alkyl halides is 2. The van der Waals surface area contributed by atoms with E-state index in [-0.39, 0.29) is 5.41 Å². The summed E-state index contributed by atoms with van der Waals surface area (Å²) in [5.41, 5.74) is 3.17. The molecule has 114 valence electrons. The number of rotatable bonds is 6. The van der Waals surface area contributed by atoms with Gasteiger partial charge in [0.1, 0.15) is 0 Å². The first kappa shape index (κ1) is 16.4. The standard InChI is InChI=1S/C17H22Cl2N2/c1-13(2)21-8-7-16(20-21)10-17(11-18,12-19)15-6-4-5-14(3)9-15/h4-9,13H,10-12H2,1-3H3. The van der Waals surface area contributed by atoms with Gasteiger partial charge in [-0.05, 0) is 32.4 Å². The van der Waals surface area contributed by atoms with Gasteiger partial charge < -0.3 is 0 Å². The maximum Gasteiger partial charge on any atom is 0.0634 e. The van der Waals surface area contributed by atoms with E-state index >= 15 is 0 Å². The Bertz CT molecular complexity index is 586. The van der Waals surface area contributed by atoms with Gasteiger partial charge in [-0.2, -0.15) is 5.10 Å². The molecule has 0 N–H and O–H groups in total. The average Bonchev–Trinajstić information content (AvgIpc) is 2.93. The zero-order valence-electron chi connectivity index (χ0n) is 12.8. The normalized spacial score (nSPS) is 12.1. The molecule has 1 aromatic heterocycles. The van der Waals surface area contributed by atoms with Crippen LogP contribution in [-0.4, -0.2) is 21.5 Å². The van der Waals surface area contributed by atoms with Crippen LogP contribution in [0, 0.1) is 6.92 Å². The van der Waals surface area contributed by atoms with Crippen molar-refractivity contribution in [3.05, 3.63) is 53.3 Å². The fraction of sp³-hybridized carbons (Fsp3) is 0.471. The molecule has 0 spiro atoms. The summed E-state index contributed by atoms with van der Waals surface area (Å²) < 4.78 is 1.97. The first-order valence-electron chi connectivity index (χ1n) is 7.24. The van der Waals surface area contributed by atoms with Crippen molar-refractivity contribution in [3.8, 4) is 0 Å². The number of aryl methyl sites for hydroxylation is 1. The summed E-state index contributed by atoms with van der Waals surface area (Å²) in [6.07, 6.45) is 2.77. The van der Waals surface area contributed by atoms with Gasteiger partial charge in [0, 0.05) is 35.8 Å². The van der Waals surface area contributed by atoms with Gasteiger partial charge in [0.05, 0.1) is 5.69 Å². The van der Waals surface area contributed by atoms with Gasteiger partial charge in [-0.15, -0.1) is 23.2 Å². The average molecular weight is 325 g/mol. The molecular formula is C17H22Cl2N2. The van der Waals surface area contributed by atoms with Gasteiger partial charge in [-0.25, -0.2) is 0 Å². The Morgan fingerprint density at radius 1 is 1.19 bits per heavy atom. The third-order valence-corrected chi connectivity index (χ3v) is 4.88. The third-order valence-electron chi connectivity index (χ3n) is 3.85. The van der Waals surface area contributed by atoms with Gasteiger partial charge in [0.25, 0.3) is 0 Å². The molecule has 0 saturated heterocycles. The lowest BCUT2D eigenvalue weighted by Crippen LogP contribution is -2.33. The first-order valence-corrected chi connectivity index (χ1v) is 8.31. The van der Waals surface area contributed by atoms with Crippen molar-refractivity contribution < 1.29 is 0 Å². The molecule has 0 fully saturated rings. The van der Waals surface area contributed by atoms with Crippen LogP contribution in [0.15, 0.2) is 36.5 Å². The summed E-state index contributed by atoms with van der Waals surface area (Å²) in [6.45, 7) is 6.32. The monoisotopic (exact) mass is 324 g/mol. The summed E-state index contributed by atoms with van der Waals surface area (Å²) in [6, 6.07) is 10.8. The maximum absolute atomic E-state index is 6.31. The highest BCUT2D eigenvalue weighted by molar-refractivity contribution is 6.22. The molecule has 2 rings (SSSR count). The minimum absolute atomic E-state index is 0.273. The maximum atomic E-state index is 6.31. The fourth-order valence-corrected chi connectivity index (χ4v) is 3.25. The van der Waals surface area contributed by atoms with Crippen LogP contribution in [0.1, 0.15) is 36.7 Å². The second-order valence-corrected chi connectivity index (χ2v) is 6.51. The van der Waals surface area contributed by atoms with E-state index in [4.69, 9.17) is 23.2 Å². The Morgan fingerprint density at radius 3 is 2.43 bits per heavy atom. The Labute approximate surface area is 137 Å². The van der Waals surface area contributed by atoms with E-state index in [0.29, 0.717) is 17.8 Å². The van der Waals surface area contributed by atoms with Gasteiger partial charge in [0.2, 0.25) is 0 Å². The molecular weight excluding hydrogens is 303 g/mol. The molecule has 0 aliphatic carbocycles. The predicted octanol–water partition coefficient (Wildman–Crippen LogP) is 4.73. The molecule has 21 heavy (non-hydrogen) atoms. The largest absolute Gasteiger partial charge is 0.270 e. The fourth-order valence-electron chi connectivity index (χ4n) is 2.47. The second-order valence-electron chi connectivity index (χ2n) is 5.97. The van der Waals surface area contributed by atoms with Crippen molar-refractivity contribution >= 4 is 23.2 Å². The van der Waals surface area contributed by atoms with E-state index in [2.05, 4.69) is 56.2 Å². The van der Waals surface area contributed by atoms with Crippen molar-refractivity contribution in [2.24, 2.45) is 0 Å². The van der Waals surface area contributed by atoms with Crippen LogP contribution in [0.4, 0.5) is 0 Å². The van der Waals surface area contributed by atoms with Crippen LogP contribution >= 0.6 is 23.2 Å². The van der Waals surface area contributed by atoms with Crippen molar-refractivity contribution in [3.63, 3.8) is 0 Å². The summed E-state index contributed by atoms with van der Waals surface area (Å²) in [7, 11) is 0. The Balaban J connectivity index is 2.33. The van der Waals surface area contributed by atoms with Gasteiger partial charge in [-0.3, -0.25) is 4.68 Å². The van der Waals surface area contributed by atoms with Gasteiger partial charge >= 0.3 is 0 Å². The lowest BCUT2D eigenvalue weighted by atomic mass is 9.79. The SMILES string of the molecule is Cc1cccc(C(CCl)(CCl)Cc2ccn(C(C)C)n2)c1. The molecule has 1 aromatic carbocycles. The van der Waals surface area contributed by atoms with Gasteiger partial charge in [-0.1, -0.05) is 29.8 Å². The van der Waals surface area contributed by atoms with E-state index in [1.807, 2.05) is 10.9 Å². The lowest BCUT2D eigenvalue weighted by Gasteiger charge is -2.30. The molecule has 4 heteroatoms. The molecule has 2 nitrogen and oxygen atoms in total. The minimum Gasteiger partial charge on any atom is -0.270 e. The molecule has 0 amide bonds. The van der Waals surface area contributed by atoms with Crippen LogP contribution in [-0.2, 0) is 11.8 Å². The predicted molar refractivity (Wildman–Crippen MR) is 90.6 cm³/mol. The van der Waals surface area contributed by atoms with Crippen LogP contribution < -0.4 is 0 Å². The highest BCUT2D eigenvalue weighted by Gasteiger charge is 2.32. The van der Waals surface area contributed by atoms with Crippen molar-refractivity contribution in [1.82, 2.24) is 9.78 Å². The molecule has 0 atom stereocenters. The third kappa shape index (κ3) is 3.61. The molecule has 0 radical (unpaired) electrons. The van der Waals surface area contributed by atoms with E-state index in [9.17, 15) is 0 Å².